The van der Waals surface area contributed by atoms with Gasteiger partial charge in [0.15, 0.2) is 0 Å². The van der Waals surface area contributed by atoms with Crippen molar-refractivity contribution in [3.05, 3.63) is 69.0 Å². The lowest BCUT2D eigenvalue weighted by Gasteiger charge is -2.21. The zero-order valence-corrected chi connectivity index (χ0v) is 17.6. The molecule has 150 valence electrons. The van der Waals surface area contributed by atoms with Crippen LogP contribution in [0.2, 0.25) is 0 Å². The molecule has 0 saturated heterocycles. The van der Waals surface area contributed by atoms with Crippen LogP contribution in [-0.2, 0) is 4.79 Å². The monoisotopic (exact) mass is 427 g/mol. The molecule has 0 fully saturated rings. The third-order valence-electron chi connectivity index (χ3n) is 4.11. The maximum Gasteiger partial charge on any atom is 0.265 e. The summed E-state index contributed by atoms with van der Waals surface area (Å²) in [5, 5.41) is 12.1. The minimum atomic E-state index is -0.686. The highest BCUT2D eigenvalue weighted by molar-refractivity contribution is 7.12. The van der Waals surface area contributed by atoms with Gasteiger partial charge in [-0.25, -0.2) is 0 Å². The summed E-state index contributed by atoms with van der Waals surface area (Å²) in [4.78, 5) is 38.5. The van der Waals surface area contributed by atoms with E-state index in [-0.39, 0.29) is 23.6 Å². The molecule has 0 saturated carbocycles. The third kappa shape index (κ3) is 5.52. The molecule has 2 aromatic heterocycles. The lowest BCUT2D eigenvalue weighted by atomic mass is 10.0. The van der Waals surface area contributed by atoms with Crippen LogP contribution >= 0.6 is 22.7 Å². The van der Waals surface area contributed by atoms with Crippen LogP contribution in [0.25, 0.3) is 0 Å². The van der Waals surface area contributed by atoms with Crippen LogP contribution in [0, 0.1) is 5.92 Å². The van der Waals surface area contributed by atoms with E-state index in [4.69, 9.17) is 0 Å². The van der Waals surface area contributed by atoms with E-state index in [1.807, 2.05) is 30.7 Å². The first-order valence-electron chi connectivity index (χ1n) is 9.04. The van der Waals surface area contributed by atoms with Crippen molar-refractivity contribution < 1.29 is 14.4 Å². The average Bonchev–Trinajstić information content (AvgIpc) is 3.39. The molecule has 1 atom stereocenters. The van der Waals surface area contributed by atoms with Crippen LogP contribution in [0.15, 0.2) is 59.3 Å². The fourth-order valence-electron chi connectivity index (χ4n) is 2.65. The van der Waals surface area contributed by atoms with Crippen molar-refractivity contribution in [1.82, 2.24) is 5.32 Å². The zero-order valence-electron chi connectivity index (χ0n) is 16.0. The fourth-order valence-corrected chi connectivity index (χ4v) is 3.90. The average molecular weight is 428 g/mol. The Morgan fingerprint density at radius 1 is 0.793 bits per heavy atom. The Morgan fingerprint density at radius 3 is 1.93 bits per heavy atom. The van der Waals surface area contributed by atoms with Gasteiger partial charge in [-0.15, -0.1) is 22.7 Å². The van der Waals surface area contributed by atoms with Gasteiger partial charge >= 0.3 is 0 Å². The van der Waals surface area contributed by atoms with E-state index in [1.54, 1.807) is 42.5 Å². The maximum absolute atomic E-state index is 12.8. The van der Waals surface area contributed by atoms with Gasteiger partial charge in [-0.1, -0.05) is 32.0 Å². The molecule has 0 aliphatic carbocycles. The summed E-state index contributed by atoms with van der Waals surface area (Å²) in [6.07, 6.45) is 0. The summed E-state index contributed by atoms with van der Waals surface area (Å²) < 4.78 is 0. The standard InChI is InChI=1S/C21H21N3O3S2/c1-13(2)18(24-20(26)17-9-5-11-29-17)21(27)23-15-7-3-6-14(12-15)22-19(25)16-8-4-10-28-16/h3-13,18H,1-2H3,(H,22,25)(H,23,27)(H,24,26). The topological polar surface area (TPSA) is 87.3 Å². The Labute approximate surface area is 177 Å². The van der Waals surface area contributed by atoms with Gasteiger partial charge in [-0.05, 0) is 47.0 Å². The Morgan fingerprint density at radius 2 is 1.38 bits per heavy atom. The van der Waals surface area contributed by atoms with E-state index >= 15 is 0 Å². The predicted octanol–water partition coefficient (Wildman–Crippen LogP) is 4.46. The van der Waals surface area contributed by atoms with Crippen molar-refractivity contribution in [3.63, 3.8) is 0 Å². The molecule has 1 unspecified atom stereocenters. The van der Waals surface area contributed by atoms with E-state index in [0.717, 1.165) is 0 Å². The fraction of sp³-hybridized carbons (Fsp3) is 0.190. The van der Waals surface area contributed by atoms with E-state index in [0.29, 0.717) is 21.1 Å². The first kappa shape index (κ1) is 20.8. The molecule has 0 aliphatic heterocycles. The summed E-state index contributed by atoms with van der Waals surface area (Å²) in [6, 6.07) is 13.3. The number of carbonyl (C=O) groups excluding carboxylic acids is 3. The third-order valence-corrected chi connectivity index (χ3v) is 5.85. The molecule has 0 bridgehead atoms. The van der Waals surface area contributed by atoms with Gasteiger partial charge in [0.05, 0.1) is 9.75 Å². The van der Waals surface area contributed by atoms with E-state index in [9.17, 15) is 14.4 Å². The number of hydrogen-bond donors (Lipinski definition) is 3. The van der Waals surface area contributed by atoms with Crippen LogP contribution in [-0.4, -0.2) is 23.8 Å². The number of hydrogen-bond acceptors (Lipinski definition) is 5. The van der Waals surface area contributed by atoms with Gasteiger partial charge < -0.3 is 16.0 Å². The smallest absolute Gasteiger partial charge is 0.265 e. The maximum atomic E-state index is 12.8. The molecular formula is C21H21N3O3S2. The Kier molecular flexibility index (Phi) is 6.79. The summed E-state index contributed by atoms with van der Waals surface area (Å²) >= 11 is 2.68. The highest BCUT2D eigenvalue weighted by Gasteiger charge is 2.25. The second-order valence-electron chi connectivity index (χ2n) is 6.67. The number of thiophene rings is 2. The molecule has 8 heteroatoms. The van der Waals surface area contributed by atoms with Crippen LogP contribution in [0.5, 0.6) is 0 Å². The number of nitrogens with one attached hydrogen (secondary N) is 3. The summed E-state index contributed by atoms with van der Waals surface area (Å²) in [6.45, 7) is 3.74. The molecule has 2 heterocycles. The van der Waals surface area contributed by atoms with Crippen LogP contribution < -0.4 is 16.0 Å². The molecule has 6 nitrogen and oxygen atoms in total. The van der Waals surface area contributed by atoms with Crippen molar-refractivity contribution in [2.45, 2.75) is 19.9 Å². The minimum Gasteiger partial charge on any atom is -0.339 e. The lowest BCUT2D eigenvalue weighted by molar-refractivity contribution is -0.118. The number of carbonyl (C=O) groups is 3. The zero-order chi connectivity index (χ0) is 20.8. The SMILES string of the molecule is CC(C)C(NC(=O)c1cccs1)C(=O)Nc1cccc(NC(=O)c2cccs2)c1. The number of amides is 3. The second-order valence-corrected chi connectivity index (χ2v) is 8.57. The molecular weight excluding hydrogens is 406 g/mol. The van der Waals surface area contributed by atoms with Crippen molar-refractivity contribution in [2.75, 3.05) is 10.6 Å². The predicted molar refractivity (Wildman–Crippen MR) is 118 cm³/mol. The van der Waals surface area contributed by atoms with E-state index < -0.39 is 6.04 Å². The first-order valence-corrected chi connectivity index (χ1v) is 10.8. The van der Waals surface area contributed by atoms with Gasteiger partial charge in [-0.2, -0.15) is 0 Å². The van der Waals surface area contributed by atoms with Crippen molar-refractivity contribution >= 4 is 51.8 Å². The summed E-state index contributed by atoms with van der Waals surface area (Å²) in [5.41, 5.74) is 1.11. The molecule has 3 amide bonds. The van der Waals surface area contributed by atoms with Gasteiger partial charge in [-0.3, -0.25) is 14.4 Å². The number of rotatable bonds is 7. The molecule has 1 aromatic carbocycles. The molecule has 0 radical (unpaired) electrons. The molecule has 0 aliphatic rings. The summed E-state index contributed by atoms with van der Waals surface area (Å²) in [7, 11) is 0. The highest BCUT2D eigenvalue weighted by atomic mass is 32.1. The van der Waals surface area contributed by atoms with Gasteiger partial charge in [0.25, 0.3) is 11.8 Å². The lowest BCUT2D eigenvalue weighted by Crippen LogP contribution is -2.46. The second kappa shape index (κ2) is 9.49. The van der Waals surface area contributed by atoms with Crippen LogP contribution in [0.3, 0.4) is 0 Å². The van der Waals surface area contributed by atoms with Gasteiger partial charge in [0.2, 0.25) is 5.91 Å². The number of anilines is 2. The molecule has 0 spiro atoms. The number of benzene rings is 1. The Balaban J connectivity index is 1.66. The van der Waals surface area contributed by atoms with E-state index in [2.05, 4.69) is 16.0 Å². The van der Waals surface area contributed by atoms with Crippen LogP contribution in [0.1, 0.15) is 33.2 Å². The van der Waals surface area contributed by atoms with Gasteiger partial charge in [0.1, 0.15) is 6.04 Å². The Bertz CT molecular complexity index is 983. The molecule has 3 rings (SSSR count). The van der Waals surface area contributed by atoms with Crippen molar-refractivity contribution in [2.24, 2.45) is 5.92 Å². The van der Waals surface area contributed by atoms with E-state index in [1.165, 1.54) is 22.7 Å². The Hall–Kier alpha value is -2.97. The summed E-state index contributed by atoms with van der Waals surface area (Å²) in [5.74, 6) is -0.884. The van der Waals surface area contributed by atoms with Gasteiger partial charge in [0, 0.05) is 11.4 Å². The normalized spacial score (nSPS) is 11.7. The quantitative estimate of drug-likeness (QED) is 0.520. The van der Waals surface area contributed by atoms with Crippen molar-refractivity contribution in [3.8, 4) is 0 Å². The largest absolute Gasteiger partial charge is 0.339 e. The molecule has 29 heavy (non-hydrogen) atoms. The van der Waals surface area contributed by atoms with Crippen molar-refractivity contribution in [1.29, 1.82) is 0 Å². The molecule has 3 N–H and O–H groups in total. The minimum absolute atomic E-state index is 0.0966. The molecule has 3 aromatic rings. The highest BCUT2D eigenvalue weighted by Crippen LogP contribution is 2.19. The first-order chi connectivity index (χ1) is 13.9. The van der Waals surface area contributed by atoms with Crippen LogP contribution in [0.4, 0.5) is 11.4 Å².